The Bertz CT molecular complexity index is 439. The van der Waals surface area contributed by atoms with Gasteiger partial charge in [0.15, 0.2) is 0 Å². The molecule has 0 saturated heterocycles. The number of nitrogens with two attached hydrogens (primary N) is 1. The average Bonchev–Trinajstić information content (AvgIpc) is 2.13. The van der Waals surface area contributed by atoms with Crippen LogP contribution in [-0.4, -0.2) is 11.7 Å². The van der Waals surface area contributed by atoms with Crippen molar-refractivity contribution < 1.29 is 9.53 Å². The third kappa shape index (κ3) is 4.55. The Labute approximate surface area is 112 Å². The van der Waals surface area contributed by atoms with Crippen molar-refractivity contribution in [1.29, 1.82) is 0 Å². The Morgan fingerprint density at radius 1 is 1.44 bits per heavy atom. The number of benzene rings is 1. The third-order valence-corrected chi connectivity index (χ3v) is 2.38. The molecule has 0 aliphatic heterocycles. The predicted octanol–water partition coefficient (Wildman–Crippen LogP) is 3.71. The van der Waals surface area contributed by atoms with E-state index < -0.39 is 11.7 Å². The molecule has 0 heterocycles. The van der Waals surface area contributed by atoms with Gasteiger partial charge in [0.1, 0.15) is 5.60 Å². The summed E-state index contributed by atoms with van der Waals surface area (Å²) in [4.78, 5) is 11.7. The van der Waals surface area contributed by atoms with Crippen LogP contribution < -0.4 is 11.1 Å². The number of carbonyl (C=O) groups excluding carboxylic acids is 1. The molecule has 0 saturated carbocycles. The molecule has 0 spiro atoms. The van der Waals surface area contributed by atoms with Crippen molar-refractivity contribution in [2.75, 3.05) is 5.32 Å². The first kappa shape index (κ1) is 14.8. The Morgan fingerprint density at radius 3 is 2.56 bits per heavy atom. The van der Waals surface area contributed by atoms with Crippen molar-refractivity contribution in [2.45, 2.75) is 39.3 Å². The summed E-state index contributed by atoms with van der Waals surface area (Å²) in [5, 5.41) is 3.20. The maximum absolute atomic E-state index is 11.7. The summed E-state index contributed by atoms with van der Waals surface area (Å²) >= 11 is 5.91. The van der Waals surface area contributed by atoms with E-state index in [0.717, 1.165) is 5.56 Å². The molecule has 18 heavy (non-hydrogen) atoms. The highest BCUT2D eigenvalue weighted by molar-refractivity contribution is 6.31. The molecule has 0 aliphatic carbocycles. The van der Waals surface area contributed by atoms with Gasteiger partial charge in [0.25, 0.3) is 0 Å². The summed E-state index contributed by atoms with van der Waals surface area (Å²) in [5.74, 6) is 0. The van der Waals surface area contributed by atoms with Gasteiger partial charge in [-0.15, -0.1) is 0 Å². The predicted molar refractivity (Wildman–Crippen MR) is 73.9 cm³/mol. The summed E-state index contributed by atoms with van der Waals surface area (Å²) in [6.07, 6.45) is -0.522. The van der Waals surface area contributed by atoms with Crippen molar-refractivity contribution in [2.24, 2.45) is 5.73 Å². The highest BCUT2D eigenvalue weighted by atomic mass is 35.5. The molecule has 0 unspecified atom stereocenters. The SMILES string of the molecule is C[C@@H](N)c1ccc(Cl)cc1NC(=O)OC(C)(C)C. The number of rotatable bonds is 2. The van der Waals surface area contributed by atoms with Crippen LogP contribution in [0.4, 0.5) is 10.5 Å². The van der Waals surface area contributed by atoms with Gasteiger partial charge in [0.05, 0.1) is 5.69 Å². The fourth-order valence-electron chi connectivity index (χ4n) is 1.45. The largest absolute Gasteiger partial charge is 0.444 e. The molecule has 1 rings (SSSR count). The number of ether oxygens (including phenoxy) is 1. The lowest BCUT2D eigenvalue weighted by atomic mass is 10.1. The van der Waals surface area contributed by atoms with Crippen LogP contribution in [0, 0.1) is 0 Å². The van der Waals surface area contributed by atoms with E-state index in [0.29, 0.717) is 10.7 Å². The molecule has 5 heteroatoms. The van der Waals surface area contributed by atoms with Crippen LogP contribution in [0.15, 0.2) is 18.2 Å². The molecule has 0 aromatic heterocycles. The molecule has 0 radical (unpaired) electrons. The van der Waals surface area contributed by atoms with Crippen LogP contribution in [0.1, 0.15) is 39.3 Å². The van der Waals surface area contributed by atoms with Crippen molar-refractivity contribution in [3.8, 4) is 0 Å². The monoisotopic (exact) mass is 270 g/mol. The zero-order valence-corrected chi connectivity index (χ0v) is 11.8. The Morgan fingerprint density at radius 2 is 2.06 bits per heavy atom. The van der Waals surface area contributed by atoms with E-state index in [1.807, 2.05) is 6.92 Å². The number of hydrogen-bond acceptors (Lipinski definition) is 3. The standard InChI is InChI=1S/C13H19ClN2O2/c1-8(15)10-6-5-9(14)7-11(10)16-12(17)18-13(2,3)4/h5-8H,15H2,1-4H3,(H,16,17)/t8-/m1/s1. The van der Waals surface area contributed by atoms with Gasteiger partial charge in [0, 0.05) is 11.1 Å². The van der Waals surface area contributed by atoms with Crippen LogP contribution >= 0.6 is 11.6 Å². The summed E-state index contributed by atoms with van der Waals surface area (Å²) in [7, 11) is 0. The quantitative estimate of drug-likeness (QED) is 0.861. The Hall–Kier alpha value is -1.26. The van der Waals surface area contributed by atoms with E-state index in [1.165, 1.54) is 0 Å². The normalized spacial score (nSPS) is 13.0. The lowest BCUT2D eigenvalue weighted by molar-refractivity contribution is 0.0636. The summed E-state index contributed by atoms with van der Waals surface area (Å²) < 4.78 is 5.18. The first-order valence-electron chi connectivity index (χ1n) is 5.74. The van der Waals surface area contributed by atoms with Gasteiger partial charge in [-0.3, -0.25) is 5.32 Å². The van der Waals surface area contributed by atoms with E-state index in [1.54, 1.807) is 39.0 Å². The second kappa shape index (κ2) is 5.59. The fraction of sp³-hybridized carbons (Fsp3) is 0.462. The van der Waals surface area contributed by atoms with Crippen LogP contribution in [0.2, 0.25) is 5.02 Å². The number of anilines is 1. The Balaban J connectivity index is 2.89. The molecular formula is C13H19ClN2O2. The van der Waals surface area contributed by atoms with Crippen LogP contribution in [0.25, 0.3) is 0 Å². The van der Waals surface area contributed by atoms with Gasteiger partial charge in [-0.1, -0.05) is 17.7 Å². The van der Waals surface area contributed by atoms with Gasteiger partial charge in [0.2, 0.25) is 0 Å². The van der Waals surface area contributed by atoms with Crippen LogP contribution in [0.5, 0.6) is 0 Å². The molecule has 0 aliphatic rings. The minimum atomic E-state index is -0.544. The zero-order chi connectivity index (χ0) is 13.9. The van der Waals surface area contributed by atoms with E-state index in [9.17, 15) is 4.79 Å². The van der Waals surface area contributed by atoms with Crippen molar-refractivity contribution in [3.63, 3.8) is 0 Å². The highest BCUT2D eigenvalue weighted by Gasteiger charge is 2.18. The van der Waals surface area contributed by atoms with Gasteiger partial charge >= 0.3 is 6.09 Å². The van der Waals surface area contributed by atoms with E-state index >= 15 is 0 Å². The number of hydrogen-bond donors (Lipinski definition) is 2. The molecule has 100 valence electrons. The summed E-state index contributed by atoms with van der Waals surface area (Å²) in [5.41, 5.74) is 6.67. The lowest BCUT2D eigenvalue weighted by Gasteiger charge is -2.21. The number of amides is 1. The molecular weight excluding hydrogens is 252 g/mol. The van der Waals surface area contributed by atoms with E-state index in [-0.39, 0.29) is 6.04 Å². The fourth-order valence-corrected chi connectivity index (χ4v) is 1.62. The first-order valence-corrected chi connectivity index (χ1v) is 6.12. The van der Waals surface area contributed by atoms with Crippen molar-refractivity contribution >= 4 is 23.4 Å². The number of carbonyl (C=O) groups is 1. The molecule has 3 N–H and O–H groups in total. The molecule has 1 aromatic carbocycles. The molecule has 0 bridgehead atoms. The minimum absolute atomic E-state index is 0.202. The molecule has 0 fully saturated rings. The van der Waals surface area contributed by atoms with Crippen molar-refractivity contribution in [3.05, 3.63) is 28.8 Å². The minimum Gasteiger partial charge on any atom is -0.444 e. The second-order valence-electron chi connectivity index (χ2n) is 5.15. The van der Waals surface area contributed by atoms with Crippen molar-refractivity contribution in [1.82, 2.24) is 0 Å². The van der Waals surface area contributed by atoms with Gasteiger partial charge < -0.3 is 10.5 Å². The molecule has 1 aromatic rings. The number of nitrogens with one attached hydrogen (secondary N) is 1. The summed E-state index contributed by atoms with van der Waals surface area (Å²) in [6, 6.07) is 4.98. The maximum atomic E-state index is 11.7. The van der Waals surface area contributed by atoms with Crippen LogP contribution in [-0.2, 0) is 4.74 Å². The Kier molecular flexibility index (Phi) is 4.59. The van der Waals surface area contributed by atoms with Gasteiger partial charge in [-0.2, -0.15) is 0 Å². The van der Waals surface area contributed by atoms with Gasteiger partial charge in [-0.25, -0.2) is 4.79 Å². The smallest absolute Gasteiger partial charge is 0.412 e. The van der Waals surface area contributed by atoms with Crippen LogP contribution in [0.3, 0.4) is 0 Å². The molecule has 4 nitrogen and oxygen atoms in total. The highest BCUT2D eigenvalue weighted by Crippen LogP contribution is 2.25. The lowest BCUT2D eigenvalue weighted by Crippen LogP contribution is -2.27. The van der Waals surface area contributed by atoms with E-state index in [4.69, 9.17) is 22.1 Å². The first-order chi connectivity index (χ1) is 8.19. The summed E-state index contributed by atoms with van der Waals surface area (Å²) in [6.45, 7) is 7.24. The second-order valence-corrected chi connectivity index (χ2v) is 5.58. The molecule has 1 atom stereocenters. The number of halogens is 1. The molecule has 1 amide bonds. The third-order valence-electron chi connectivity index (χ3n) is 2.14. The zero-order valence-electron chi connectivity index (χ0n) is 11.1. The van der Waals surface area contributed by atoms with E-state index in [2.05, 4.69) is 5.32 Å². The maximum Gasteiger partial charge on any atom is 0.412 e. The van der Waals surface area contributed by atoms with Gasteiger partial charge in [-0.05, 0) is 45.4 Å². The average molecular weight is 271 g/mol. The topological polar surface area (TPSA) is 64.3 Å².